The molecule has 0 aromatic heterocycles. The van der Waals surface area contributed by atoms with E-state index in [9.17, 15) is 0 Å². The predicted octanol–water partition coefficient (Wildman–Crippen LogP) is 3.09. The summed E-state index contributed by atoms with van der Waals surface area (Å²) in [5.74, 6) is 2.64. The lowest BCUT2D eigenvalue weighted by molar-refractivity contribution is 0.278. The Labute approximate surface area is 137 Å². The highest BCUT2D eigenvalue weighted by molar-refractivity contribution is 6.32. The van der Waals surface area contributed by atoms with Gasteiger partial charge in [-0.2, -0.15) is 0 Å². The summed E-state index contributed by atoms with van der Waals surface area (Å²) in [6.45, 7) is 2.49. The summed E-state index contributed by atoms with van der Waals surface area (Å²) in [4.78, 5) is 2.34. The van der Waals surface area contributed by atoms with Gasteiger partial charge in [0.15, 0.2) is 11.5 Å². The van der Waals surface area contributed by atoms with Crippen LogP contribution in [0.15, 0.2) is 12.1 Å². The molecule has 1 aromatic rings. The molecule has 2 unspecified atom stereocenters. The average molecular weight is 325 g/mol. The molecule has 2 atom stereocenters. The molecule has 0 radical (unpaired) electrons. The summed E-state index contributed by atoms with van der Waals surface area (Å²) in [6, 6.07) is 4.43. The maximum absolute atomic E-state index is 6.47. The lowest BCUT2D eigenvalue weighted by atomic mass is 9.99. The number of halogens is 1. The van der Waals surface area contributed by atoms with Crippen LogP contribution in [0.3, 0.4) is 0 Å². The number of hydrogen-bond donors (Lipinski definition) is 1. The molecule has 4 nitrogen and oxygen atoms in total. The summed E-state index contributed by atoms with van der Waals surface area (Å²) in [7, 11) is 3.80. The summed E-state index contributed by atoms with van der Waals surface area (Å²) in [5, 5.41) is 0.639. The third-order valence-electron chi connectivity index (χ3n) is 4.77. The van der Waals surface area contributed by atoms with Crippen LogP contribution >= 0.6 is 11.6 Å². The SMILES string of the molecule is COc1cc(C2CC(CN)CN2C)cc(Cl)c1OCC1CC1. The largest absolute Gasteiger partial charge is 0.493 e. The van der Waals surface area contributed by atoms with Crippen molar-refractivity contribution in [2.45, 2.75) is 25.3 Å². The Morgan fingerprint density at radius 1 is 1.32 bits per heavy atom. The molecular formula is C17H25ClN2O2. The summed E-state index contributed by atoms with van der Waals surface area (Å²) < 4.78 is 11.4. The minimum atomic E-state index is 0.345. The van der Waals surface area contributed by atoms with E-state index in [1.54, 1.807) is 7.11 Å². The van der Waals surface area contributed by atoms with Gasteiger partial charge in [0.05, 0.1) is 18.7 Å². The second kappa shape index (κ2) is 6.65. The van der Waals surface area contributed by atoms with Gasteiger partial charge in [0.25, 0.3) is 0 Å². The number of rotatable bonds is 6. The molecule has 1 saturated heterocycles. The van der Waals surface area contributed by atoms with Gasteiger partial charge in [-0.05, 0) is 62.4 Å². The first-order chi connectivity index (χ1) is 10.6. The predicted molar refractivity (Wildman–Crippen MR) is 88.8 cm³/mol. The molecule has 122 valence electrons. The van der Waals surface area contributed by atoms with Gasteiger partial charge in [-0.15, -0.1) is 0 Å². The highest BCUT2D eigenvalue weighted by Gasteiger charge is 2.31. The Morgan fingerprint density at radius 2 is 2.09 bits per heavy atom. The van der Waals surface area contributed by atoms with E-state index in [4.69, 9.17) is 26.8 Å². The minimum absolute atomic E-state index is 0.345. The van der Waals surface area contributed by atoms with Gasteiger partial charge in [-0.1, -0.05) is 11.6 Å². The van der Waals surface area contributed by atoms with Crippen molar-refractivity contribution < 1.29 is 9.47 Å². The Morgan fingerprint density at radius 3 is 2.68 bits per heavy atom. The fourth-order valence-electron chi connectivity index (χ4n) is 3.22. The molecule has 1 aromatic carbocycles. The second-order valence-corrected chi connectivity index (χ2v) is 6.99. The lowest BCUT2D eigenvalue weighted by Gasteiger charge is -2.22. The molecule has 0 amide bonds. The van der Waals surface area contributed by atoms with Crippen LogP contribution < -0.4 is 15.2 Å². The van der Waals surface area contributed by atoms with Crippen molar-refractivity contribution in [3.63, 3.8) is 0 Å². The number of hydrogen-bond acceptors (Lipinski definition) is 4. The minimum Gasteiger partial charge on any atom is -0.493 e. The summed E-state index contributed by atoms with van der Waals surface area (Å²) in [5.41, 5.74) is 7.00. The quantitative estimate of drug-likeness (QED) is 0.873. The van der Waals surface area contributed by atoms with Crippen molar-refractivity contribution in [2.75, 3.05) is 33.9 Å². The second-order valence-electron chi connectivity index (χ2n) is 6.58. The molecule has 0 bridgehead atoms. The van der Waals surface area contributed by atoms with Gasteiger partial charge >= 0.3 is 0 Å². The Bertz CT molecular complexity index is 534. The van der Waals surface area contributed by atoms with E-state index in [2.05, 4.69) is 18.0 Å². The van der Waals surface area contributed by atoms with E-state index in [0.29, 0.717) is 28.6 Å². The fourth-order valence-corrected chi connectivity index (χ4v) is 3.50. The van der Waals surface area contributed by atoms with E-state index in [-0.39, 0.29) is 0 Å². The van der Waals surface area contributed by atoms with Gasteiger partial charge in [0.1, 0.15) is 0 Å². The van der Waals surface area contributed by atoms with Crippen LogP contribution in [-0.2, 0) is 0 Å². The molecule has 1 saturated carbocycles. The highest BCUT2D eigenvalue weighted by Crippen LogP contribution is 2.43. The summed E-state index contributed by atoms with van der Waals surface area (Å²) >= 11 is 6.47. The first kappa shape index (κ1) is 15.9. The Hall–Kier alpha value is -0.970. The average Bonchev–Trinajstić information content (AvgIpc) is 3.26. The molecule has 0 spiro atoms. The molecule has 5 heteroatoms. The fraction of sp³-hybridized carbons (Fsp3) is 0.647. The monoisotopic (exact) mass is 324 g/mol. The molecule has 2 N–H and O–H groups in total. The van der Waals surface area contributed by atoms with E-state index in [1.165, 1.54) is 18.4 Å². The van der Waals surface area contributed by atoms with Crippen LogP contribution in [0.1, 0.15) is 30.9 Å². The zero-order valence-corrected chi connectivity index (χ0v) is 14.1. The maximum Gasteiger partial charge on any atom is 0.179 e. The smallest absolute Gasteiger partial charge is 0.179 e. The van der Waals surface area contributed by atoms with E-state index >= 15 is 0 Å². The van der Waals surface area contributed by atoms with Gasteiger partial charge in [0.2, 0.25) is 0 Å². The third-order valence-corrected chi connectivity index (χ3v) is 5.05. The molecule has 3 rings (SSSR count). The highest BCUT2D eigenvalue weighted by atomic mass is 35.5. The molecule has 2 aliphatic rings. The maximum atomic E-state index is 6.47. The van der Waals surface area contributed by atoms with Crippen molar-refractivity contribution >= 4 is 11.6 Å². The first-order valence-corrected chi connectivity index (χ1v) is 8.40. The number of nitrogens with zero attached hydrogens (tertiary/aromatic N) is 1. The van der Waals surface area contributed by atoms with Crippen molar-refractivity contribution in [3.8, 4) is 11.5 Å². The first-order valence-electron chi connectivity index (χ1n) is 8.03. The topological polar surface area (TPSA) is 47.7 Å². The number of likely N-dealkylation sites (tertiary alicyclic amines) is 1. The van der Waals surface area contributed by atoms with E-state index < -0.39 is 0 Å². The third kappa shape index (κ3) is 3.34. The molecule has 1 aliphatic heterocycles. The molecule has 2 fully saturated rings. The van der Waals surface area contributed by atoms with Crippen LogP contribution in [0.4, 0.5) is 0 Å². The van der Waals surface area contributed by atoms with Crippen molar-refractivity contribution in [3.05, 3.63) is 22.7 Å². The summed E-state index contributed by atoms with van der Waals surface area (Å²) in [6.07, 6.45) is 3.57. The van der Waals surface area contributed by atoms with Crippen LogP contribution in [0, 0.1) is 11.8 Å². The van der Waals surface area contributed by atoms with Gasteiger partial charge in [0, 0.05) is 12.6 Å². The van der Waals surface area contributed by atoms with Crippen molar-refractivity contribution in [1.82, 2.24) is 4.90 Å². The Balaban J connectivity index is 1.81. The normalized spacial score (nSPS) is 25.5. The van der Waals surface area contributed by atoms with Gasteiger partial charge in [-0.3, -0.25) is 4.90 Å². The van der Waals surface area contributed by atoms with Crippen LogP contribution in [0.5, 0.6) is 11.5 Å². The van der Waals surface area contributed by atoms with Crippen LogP contribution in [0.25, 0.3) is 0 Å². The zero-order valence-electron chi connectivity index (χ0n) is 13.3. The van der Waals surface area contributed by atoms with Gasteiger partial charge in [-0.25, -0.2) is 0 Å². The van der Waals surface area contributed by atoms with Gasteiger partial charge < -0.3 is 15.2 Å². The van der Waals surface area contributed by atoms with E-state index in [1.807, 2.05) is 6.07 Å². The number of ether oxygens (including phenoxy) is 2. The molecule has 1 aliphatic carbocycles. The lowest BCUT2D eigenvalue weighted by Crippen LogP contribution is -2.20. The molecule has 1 heterocycles. The molecule has 22 heavy (non-hydrogen) atoms. The Kier molecular flexibility index (Phi) is 4.81. The number of benzene rings is 1. The van der Waals surface area contributed by atoms with Crippen LogP contribution in [-0.4, -0.2) is 38.8 Å². The molecular weight excluding hydrogens is 300 g/mol. The van der Waals surface area contributed by atoms with Crippen molar-refractivity contribution in [2.24, 2.45) is 17.6 Å². The van der Waals surface area contributed by atoms with Crippen molar-refractivity contribution in [1.29, 1.82) is 0 Å². The standard InChI is InChI=1S/C17H25ClN2O2/c1-20-9-12(8-19)5-15(20)13-6-14(18)17(16(7-13)21-2)22-10-11-3-4-11/h6-7,11-12,15H,3-5,8-10,19H2,1-2H3. The zero-order chi connectivity index (χ0) is 15.7. The number of nitrogens with two attached hydrogens (primary N) is 1. The number of methoxy groups -OCH3 is 1. The van der Waals surface area contributed by atoms with Crippen LogP contribution in [0.2, 0.25) is 5.02 Å². The van der Waals surface area contributed by atoms with E-state index in [0.717, 1.165) is 31.9 Å².